The SMILES string of the molecule is CC(C)Oc1ccc(/C(O)=C2\C(=O)C(=O)N(c3ccccn3)[C@H]2c2ccc(Cl)cc2)cc1. The first-order chi connectivity index (χ1) is 15.4. The molecule has 2 aromatic carbocycles. The predicted octanol–water partition coefficient (Wildman–Crippen LogP) is 5.15. The third kappa shape index (κ3) is 4.09. The van der Waals surface area contributed by atoms with E-state index in [2.05, 4.69) is 4.98 Å². The molecular weight excluding hydrogens is 428 g/mol. The van der Waals surface area contributed by atoms with E-state index in [-0.39, 0.29) is 17.4 Å². The summed E-state index contributed by atoms with van der Waals surface area (Å²) in [6.07, 6.45) is 1.55. The molecule has 1 atom stereocenters. The number of halogens is 1. The summed E-state index contributed by atoms with van der Waals surface area (Å²) in [6, 6.07) is 17.8. The van der Waals surface area contributed by atoms with E-state index in [0.717, 1.165) is 0 Å². The average molecular weight is 449 g/mol. The summed E-state index contributed by atoms with van der Waals surface area (Å²) in [5.41, 5.74) is 1.01. The molecule has 1 saturated heterocycles. The predicted molar refractivity (Wildman–Crippen MR) is 123 cm³/mol. The highest BCUT2D eigenvalue weighted by atomic mass is 35.5. The lowest BCUT2D eigenvalue weighted by atomic mass is 9.95. The second-order valence-corrected chi connectivity index (χ2v) is 8.04. The van der Waals surface area contributed by atoms with Crippen molar-refractivity contribution in [2.75, 3.05) is 4.90 Å². The van der Waals surface area contributed by atoms with Crippen LogP contribution in [-0.2, 0) is 9.59 Å². The first-order valence-electron chi connectivity index (χ1n) is 10.1. The molecule has 0 bridgehead atoms. The molecule has 7 heteroatoms. The fourth-order valence-corrected chi connectivity index (χ4v) is 3.77. The molecule has 1 aromatic heterocycles. The van der Waals surface area contributed by atoms with Gasteiger partial charge in [0.2, 0.25) is 0 Å². The number of Topliss-reactive ketones (excluding diaryl/α,β-unsaturated/α-hetero) is 1. The molecule has 1 amide bonds. The number of carbonyl (C=O) groups is 2. The molecule has 0 aliphatic carbocycles. The Kier molecular flexibility index (Phi) is 5.97. The van der Waals surface area contributed by atoms with E-state index in [1.165, 1.54) is 4.90 Å². The van der Waals surface area contributed by atoms with Crippen molar-refractivity contribution >= 4 is 34.9 Å². The summed E-state index contributed by atoms with van der Waals surface area (Å²) in [5, 5.41) is 11.6. The molecule has 1 N–H and O–H groups in total. The maximum Gasteiger partial charge on any atom is 0.301 e. The lowest BCUT2D eigenvalue weighted by Crippen LogP contribution is -2.30. The molecule has 3 aromatic rings. The van der Waals surface area contributed by atoms with Gasteiger partial charge in [0, 0.05) is 16.8 Å². The van der Waals surface area contributed by atoms with Crippen LogP contribution in [0.3, 0.4) is 0 Å². The Balaban J connectivity index is 1.85. The van der Waals surface area contributed by atoms with Crippen molar-refractivity contribution in [3.63, 3.8) is 0 Å². The van der Waals surface area contributed by atoms with Crippen LogP contribution in [0.15, 0.2) is 78.5 Å². The number of carbonyl (C=O) groups excluding carboxylic acids is 2. The molecule has 6 nitrogen and oxygen atoms in total. The number of amides is 1. The minimum atomic E-state index is -0.853. The van der Waals surface area contributed by atoms with Crippen LogP contribution in [0.5, 0.6) is 5.75 Å². The Morgan fingerprint density at radius 3 is 2.31 bits per heavy atom. The largest absolute Gasteiger partial charge is 0.507 e. The minimum absolute atomic E-state index is 0.00282. The highest BCUT2D eigenvalue weighted by Crippen LogP contribution is 2.41. The summed E-state index contributed by atoms with van der Waals surface area (Å²) >= 11 is 6.04. The summed E-state index contributed by atoms with van der Waals surface area (Å²) < 4.78 is 5.64. The van der Waals surface area contributed by atoms with E-state index in [1.54, 1.807) is 72.9 Å². The zero-order valence-electron chi connectivity index (χ0n) is 17.5. The topological polar surface area (TPSA) is 79.7 Å². The Morgan fingerprint density at radius 1 is 1.03 bits per heavy atom. The third-order valence-electron chi connectivity index (χ3n) is 5.03. The molecular formula is C25H21ClN2O4. The van der Waals surface area contributed by atoms with E-state index in [0.29, 0.717) is 27.7 Å². The number of aliphatic hydroxyl groups excluding tert-OH is 1. The van der Waals surface area contributed by atoms with Crippen LogP contribution in [0.4, 0.5) is 5.82 Å². The fraction of sp³-hybridized carbons (Fsp3) is 0.160. The fourth-order valence-electron chi connectivity index (χ4n) is 3.64. The number of benzene rings is 2. The third-order valence-corrected chi connectivity index (χ3v) is 5.28. The van der Waals surface area contributed by atoms with Crippen molar-refractivity contribution in [1.29, 1.82) is 0 Å². The average Bonchev–Trinajstić information content (AvgIpc) is 3.05. The molecule has 32 heavy (non-hydrogen) atoms. The van der Waals surface area contributed by atoms with E-state index in [1.807, 2.05) is 13.8 Å². The van der Waals surface area contributed by atoms with Crippen molar-refractivity contribution in [1.82, 2.24) is 4.98 Å². The van der Waals surface area contributed by atoms with Gasteiger partial charge >= 0.3 is 5.91 Å². The lowest BCUT2D eigenvalue weighted by molar-refractivity contribution is -0.132. The van der Waals surface area contributed by atoms with Crippen LogP contribution in [0.25, 0.3) is 5.76 Å². The molecule has 1 fully saturated rings. The molecule has 4 rings (SSSR count). The quantitative estimate of drug-likeness (QED) is 0.332. The Labute approximate surface area is 190 Å². The Hall–Kier alpha value is -3.64. The Morgan fingerprint density at radius 2 is 1.72 bits per heavy atom. The number of hydrogen-bond donors (Lipinski definition) is 1. The van der Waals surface area contributed by atoms with E-state index in [9.17, 15) is 14.7 Å². The highest BCUT2D eigenvalue weighted by molar-refractivity contribution is 6.51. The number of hydrogen-bond acceptors (Lipinski definition) is 5. The summed E-state index contributed by atoms with van der Waals surface area (Å²) in [7, 11) is 0. The number of aromatic nitrogens is 1. The van der Waals surface area contributed by atoms with Gasteiger partial charge in [0.15, 0.2) is 0 Å². The second kappa shape index (κ2) is 8.85. The van der Waals surface area contributed by atoms with Gasteiger partial charge in [0.1, 0.15) is 17.3 Å². The molecule has 1 aliphatic rings. The number of ether oxygens (including phenoxy) is 1. The zero-order valence-corrected chi connectivity index (χ0v) is 18.3. The maximum absolute atomic E-state index is 13.1. The lowest BCUT2D eigenvalue weighted by Gasteiger charge is -2.24. The number of pyridine rings is 1. The Bertz CT molecular complexity index is 1170. The van der Waals surface area contributed by atoms with Gasteiger partial charge < -0.3 is 9.84 Å². The van der Waals surface area contributed by atoms with Gasteiger partial charge in [-0.25, -0.2) is 4.98 Å². The normalized spacial score (nSPS) is 17.8. The van der Waals surface area contributed by atoms with Crippen molar-refractivity contribution in [3.05, 3.63) is 94.6 Å². The zero-order chi connectivity index (χ0) is 22.8. The smallest absolute Gasteiger partial charge is 0.301 e. The van der Waals surface area contributed by atoms with E-state index < -0.39 is 17.7 Å². The first-order valence-corrected chi connectivity index (χ1v) is 10.5. The van der Waals surface area contributed by atoms with Gasteiger partial charge in [0.05, 0.1) is 17.7 Å². The van der Waals surface area contributed by atoms with Crippen molar-refractivity contribution in [3.8, 4) is 5.75 Å². The van der Waals surface area contributed by atoms with Gasteiger partial charge in [-0.2, -0.15) is 0 Å². The van der Waals surface area contributed by atoms with Crippen LogP contribution in [0, 0.1) is 0 Å². The monoisotopic (exact) mass is 448 g/mol. The van der Waals surface area contributed by atoms with Crippen LogP contribution in [0.2, 0.25) is 5.02 Å². The van der Waals surface area contributed by atoms with Gasteiger partial charge in [-0.1, -0.05) is 29.8 Å². The van der Waals surface area contributed by atoms with Crippen molar-refractivity contribution < 1.29 is 19.4 Å². The molecule has 0 radical (unpaired) electrons. The minimum Gasteiger partial charge on any atom is -0.507 e. The standard InChI is InChI=1S/C25H21ClN2O4/c1-15(2)32-19-12-8-17(9-13-19)23(29)21-22(16-6-10-18(26)11-7-16)28(25(31)24(21)30)20-5-3-4-14-27-20/h3-15,22,29H,1-2H3/b23-21+/t22-/m0/s1. The van der Waals surface area contributed by atoms with E-state index >= 15 is 0 Å². The van der Waals surface area contributed by atoms with Gasteiger partial charge in [0.25, 0.3) is 5.78 Å². The maximum atomic E-state index is 13.1. The van der Waals surface area contributed by atoms with Gasteiger partial charge in [-0.15, -0.1) is 0 Å². The van der Waals surface area contributed by atoms with Crippen molar-refractivity contribution in [2.24, 2.45) is 0 Å². The van der Waals surface area contributed by atoms with Crippen LogP contribution < -0.4 is 9.64 Å². The molecule has 1 aliphatic heterocycles. The number of anilines is 1. The molecule has 162 valence electrons. The number of ketones is 1. The molecule has 0 unspecified atom stereocenters. The molecule has 2 heterocycles. The first kappa shape index (κ1) is 21.6. The summed E-state index contributed by atoms with van der Waals surface area (Å²) in [5.74, 6) is -0.854. The van der Waals surface area contributed by atoms with Crippen LogP contribution >= 0.6 is 11.6 Å². The summed E-state index contributed by atoms with van der Waals surface area (Å²) in [4.78, 5) is 31.7. The van der Waals surface area contributed by atoms with Crippen LogP contribution in [0.1, 0.15) is 31.0 Å². The number of nitrogens with zero attached hydrogens (tertiary/aromatic N) is 2. The summed E-state index contributed by atoms with van der Waals surface area (Å²) in [6.45, 7) is 3.83. The van der Waals surface area contributed by atoms with Crippen molar-refractivity contribution in [2.45, 2.75) is 26.0 Å². The van der Waals surface area contributed by atoms with E-state index in [4.69, 9.17) is 16.3 Å². The molecule has 0 saturated carbocycles. The number of rotatable bonds is 5. The van der Waals surface area contributed by atoms with Gasteiger partial charge in [-0.3, -0.25) is 14.5 Å². The van der Waals surface area contributed by atoms with Gasteiger partial charge in [-0.05, 0) is 67.9 Å². The number of aliphatic hydroxyl groups is 1. The molecule has 0 spiro atoms. The highest BCUT2D eigenvalue weighted by Gasteiger charge is 2.47. The second-order valence-electron chi connectivity index (χ2n) is 7.60. The van der Waals surface area contributed by atoms with Crippen LogP contribution in [-0.4, -0.2) is 27.9 Å².